The molecule has 1 aliphatic carbocycles. The van der Waals surface area contributed by atoms with Gasteiger partial charge in [-0.3, -0.25) is 15.0 Å². The van der Waals surface area contributed by atoms with Crippen molar-refractivity contribution in [3.63, 3.8) is 0 Å². The van der Waals surface area contributed by atoms with E-state index in [1.807, 2.05) is 25.7 Å². The van der Waals surface area contributed by atoms with Crippen molar-refractivity contribution in [2.24, 2.45) is 0 Å². The van der Waals surface area contributed by atoms with Crippen LogP contribution < -0.4 is 4.90 Å². The average molecular weight is 333 g/mol. The van der Waals surface area contributed by atoms with Crippen LogP contribution in [-0.2, 0) is 4.74 Å². The lowest BCUT2D eigenvalue weighted by atomic mass is 10.1. The zero-order valence-electron chi connectivity index (χ0n) is 14.3. The zero-order chi connectivity index (χ0) is 17.5. The van der Waals surface area contributed by atoms with Gasteiger partial charge in [-0.2, -0.15) is 0 Å². The molecule has 1 amide bonds. The molecule has 130 valence electrons. The van der Waals surface area contributed by atoms with E-state index in [0.717, 1.165) is 25.1 Å². The number of nitro benzene ring substituents is 1. The maximum absolute atomic E-state index is 12.4. The summed E-state index contributed by atoms with van der Waals surface area (Å²) in [5.74, 6) is 0. The number of anilines is 1. The van der Waals surface area contributed by atoms with Gasteiger partial charge >= 0.3 is 6.09 Å². The van der Waals surface area contributed by atoms with Gasteiger partial charge in [0.2, 0.25) is 0 Å². The fourth-order valence-corrected chi connectivity index (χ4v) is 3.16. The monoisotopic (exact) mass is 333 g/mol. The van der Waals surface area contributed by atoms with Crippen LogP contribution in [0.5, 0.6) is 0 Å². The first-order valence-electron chi connectivity index (χ1n) is 8.20. The smallest absolute Gasteiger partial charge is 0.410 e. The fourth-order valence-electron chi connectivity index (χ4n) is 3.16. The molecule has 2 aliphatic rings. The number of non-ortho nitro benzene ring substituents is 1. The molecule has 7 heteroatoms. The highest BCUT2D eigenvalue weighted by molar-refractivity contribution is 5.71. The second-order valence-electron chi connectivity index (χ2n) is 7.55. The van der Waals surface area contributed by atoms with E-state index >= 15 is 0 Å². The van der Waals surface area contributed by atoms with Gasteiger partial charge in [-0.15, -0.1) is 0 Å². The zero-order valence-corrected chi connectivity index (χ0v) is 14.3. The van der Waals surface area contributed by atoms with Crippen LogP contribution >= 0.6 is 0 Å². The molecule has 0 radical (unpaired) electrons. The topological polar surface area (TPSA) is 75.9 Å². The van der Waals surface area contributed by atoms with E-state index in [9.17, 15) is 14.9 Å². The third-order valence-corrected chi connectivity index (χ3v) is 4.52. The van der Waals surface area contributed by atoms with E-state index in [1.54, 1.807) is 12.1 Å². The van der Waals surface area contributed by atoms with Crippen LogP contribution in [0.25, 0.3) is 0 Å². The number of benzene rings is 1. The third kappa shape index (κ3) is 3.29. The fraction of sp³-hybridized carbons (Fsp3) is 0.588. The minimum absolute atomic E-state index is 0.0901. The second-order valence-corrected chi connectivity index (χ2v) is 7.55. The minimum atomic E-state index is -0.497. The van der Waals surface area contributed by atoms with Gasteiger partial charge in [0, 0.05) is 37.5 Å². The highest BCUT2D eigenvalue weighted by Crippen LogP contribution is 2.45. The van der Waals surface area contributed by atoms with Gasteiger partial charge in [0.25, 0.3) is 5.69 Å². The largest absolute Gasteiger partial charge is 0.444 e. The van der Waals surface area contributed by atoms with Gasteiger partial charge in [0.05, 0.1) is 10.5 Å². The lowest BCUT2D eigenvalue weighted by Gasteiger charge is -2.43. The first kappa shape index (κ1) is 16.5. The molecule has 0 bridgehead atoms. The summed E-state index contributed by atoms with van der Waals surface area (Å²) in [7, 11) is 0. The van der Waals surface area contributed by atoms with Gasteiger partial charge in [-0.25, -0.2) is 4.79 Å². The quantitative estimate of drug-likeness (QED) is 0.614. The van der Waals surface area contributed by atoms with Crippen molar-refractivity contribution in [3.05, 3.63) is 34.4 Å². The molecule has 1 aromatic carbocycles. The van der Waals surface area contributed by atoms with Crippen molar-refractivity contribution in [2.45, 2.75) is 44.8 Å². The molecular weight excluding hydrogens is 310 g/mol. The number of amides is 1. The maximum Gasteiger partial charge on any atom is 0.410 e. The second kappa shape index (κ2) is 5.65. The van der Waals surface area contributed by atoms with E-state index in [0.29, 0.717) is 13.1 Å². The molecule has 3 rings (SSSR count). The van der Waals surface area contributed by atoms with Gasteiger partial charge in [-0.1, -0.05) is 0 Å². The number of ether oxygens (including phenoxy) is 1. The Labute approximate surface area is 141 Å². The Morgan fingerprint density at radius 3 is 2.33 bits per heavy atom. The molecule has 0 atom stereocenters. The van der Waals surface area contributed by atoms with Gasteiger partial charge < -0.3 is 9.64 Å². The summed E-state index contributed by atoms with van der Waals surface area (Å²) in [5.41, 5.74) is 0.397. The summed E-state index contributed by atoms with van der Waals surface area (Å²) >= 11 is 0. The van der Waals surface area contributed by atoms with Crippen LogP contribution in [0.2, 0.25) is 0 Å². The SMILES string of the molecule is CC(C)(C)OC(=O)N1CCN(c2ccc([N+](=O)[O-])cc2)CC12CC2. The number of nitro groups is 1. The van der Waals surface area contributed by atoms with Crippen molar-refractivity contribution < 1.29 is 14.5 Å². The Morgan fingerprint density at radius 1 is 1.21 bits per heavy atom. The van der Waals surface area contributed by atoms with Gasteiger partial charge in [0.15, 0.2) is 0 Å². The maximum atomic E-state index is 12.4. The van der Waals surface area contributed by atoms with Gasteiger partial charge in [-0.05, 0) is 45.7 Å². The normalized spacial score (nSPS) is 19.3. The Hall–Kier alpha value is -2.31. The molecule has 1 heterocycles. The molecule has 1 aromatic rings. The number of carbonyl (C=O) groups is 1. The summed E-state index contributed by atoms with van der Waals surface area (Å²) < 4.78 is 5.53. The first-order valence-corrected chi connectivity index (χ1v) is 8.20. The van der Waals surface area contributed by atoms with E-state index < -0.39 is 10.5 Å². The van der Waals surface area contributed by atoms with Crippen LogP contribution in [0.4, 0.5) is 16.2 Å². The Kier molecular flexibility index (Phi) is 3.89. The number of nitrogens with zero attached hydrogens (tertiary/aromatic N) is 3. The molecule has 24 heavy (non-hydrogen) atoms. The lowest BCUT2D eigenvalue weighted by molar-refractivity contribution is -0.384. The molecule has 1 saturated heterocycles. The summed E-state index contributed by atoms with van der Waals surface area (Å²) in [6.07, 6.45) is 1.69. The molecule has 0 aromatic heterocycles. The average Bonchev–Trinajstić information content (AvgIpc) is 3.25. The molecule has 1 spiro atoms. The van der Waals surface area contributed by atoms with Crippen molar-refractivity contribution in [3.8, 4) is 0 Å². The number of hydrogen-bond donors (Lipinski definition) is 0. The van der Waals surface area contributed by atoms with Crippen LogP contribution in [0.1, 0.15) is 33.6 Å². The predicted octanol–water partition coefficient (Wildman–Crippen LogP) is 3.18. The first-order chi connectivity index (χ1) is 11.2. The van der Waals surface area contributed by atoms with Crippen LogP contribution in [-0.4, -0.2) is 46.7 Å². The van der Waals surface area contributed by atoms with E-state index in [1.165, 1.54) is 12.1 Å². The van der Waals surface area contributed by atoms with Crippen molar-refractivity contribution in [1.82, 2.24) is 4.90 Å². The summed E-state index contributed by atoms with van der Waals surface area (Å²) in [4.78, 5) is 26.9. The van der Waals surface area contributed by atoms with Crippen molar-refractivity contribution >= 4 is 17.5 Å². The Bertz CT molecular complexity index is 647. The van der Waals surface area contributed by atoms with Crippen LogP contribution in [0.15, 0.2) is 24.3 Å². The van der Waals surface area contributed by atoms with Crippen LogP contribution in [0, 0.1) is 10.1 Å². The summed E-state index contributed by atoms with van der Waals surface area (Å²) in [5, 5.41) is 10.8. The highest BCUT2D eigenvalue weighted by atomic mass is 16.6. The molecule has 0 N–H and O–H groups in total. The standard InChI is InChI=1S/C17H23N3O4/c1-16(2,3)24-15(21)19-11-10-18(12-17(19)8-9-17)13-4-6-14(7-5-13)20(22)23/h4-7H,8-12H2,1-3H3. The summed E-state index contributed by atoms with van der Waals surface area (Å²) in [6.45, 7) is 7.65. The number of hydrogen-bond acceptors (Lipinski definition) is 5. The van der Waals surface area contributed by atoms with E-state index in [2.05, 4.69) is 4.90 Å². The van der Waals surface area contributed by atoms with Gasteiger partial charge in [0.1, 0.15) is 5.60 Å². The predicted molar refractivity (Wildman–Crippen MR) is 90.2 cm³/mol. The van der Waals surface area contributed by atoms with Crippen molar-refractivity contribution in [2.75, 3.05) is 24.5 Å². The molecular formula is C17H23N3O4. The molecule has 0 unspecified atom stereocenters. The van der Waals surface area contributed by atoms with E-state index in [-0.39, 0.29) is 17.3 Å². The number of piperazine rings is 1. The third-order valence-electron chi connectivity index (χ3n) is 4.52. The molecule has 1 aliphatic heterocycles. The van der Waals surface area contributed by atoms with E-state index in [4.69, 9.17) is 4.74 Å². The minimum Gasteiger partial charge on any atom is -0.444 e. The Balaban J connectivity index is 1.70. The Morgan fingerprint density at radius 2 is 1.83 bits per heavy atom. The molecule has 2 fully saturated rings. The van der Waals surface area contributed by atoms with Crippen molar-refractivity contribution in [1.29, 1.82) is 0 Å². The highest BCUT2D eigenvalue weighted by Gasteiger charge is 2.54. The molecule has 1 saturated carbocycles. The number of carbonyl (C=O) groups excluding carboxylic acids is 1. The summed E-state index contributed by atoms with van der Waals surface area (Å²) in [6, 6.07) is 6.60. The number of rotatable bonds is 2. The lowest BCUT2D eigenvalue weighted by Crippen LogP contribution is -2.58. The van der Waals surface area contributed by atoms with Crippen LogP contribution in [0.3, 0.4) is 0 Å². The molecule has 7 nitrogen and oxygen atoms in total.